The van der Waals surface area contributed by atoms with Gasteiger partial charge in [0.15, 0.2) is 0 Å². The van der Waals surface area contributed by atoms with Crippen molar-refractivity contribution in [3.05, 3.63) is 28.8 Å². The van der Waals surface area contributed by atoms with E-state index in [4.69, 9.17) is 21.4 Å². The molecule has 1 aromatic carbocycles. The standard InChI is InChI=1S/C15H21ClO3/c1-19-13-9-10-14(16)12(11-13)7-5-3-2-4-6-8-15(17)18/h9-11H,2-8H2,1H3,(H,17,18). The number of methoxy groups -OCH3 is 1. The van der Waals surface area contributed by atoms with Gasteiger partial charge in [-0.3, -0.25) is 4.79 Å². The first kappa shape index (κ1) is 15.8. The maximum atomic E-state index is 10.3. The smallest absolute Gasteiger partial charge is 0.303 e. The lowest BCUT2D eigenvalue weighted by Crippen LogP contribution is -1.94. The van der Waals surface area contributed by atoms with Gasteiger partial charge in [0.2, 0.25) is 0 Å². The molecular weight excluding hydrogens is 264 g/mol. The Morgan fingerprint density at radius 1 is 1.21 bits per heavy atom. The van der Waals surface area contributed by atoms with E-state index in [1.54, 1.807) is 7.11 Å². The van der Waals surface area contributed by atoms with Crippen LogP contribution in [0.5, 0.6) is 5.75 Å². The third kappa shape index (κ3) is 6.48. The second kappa shape index (κ2) is 8.81. The number of hydrogen-bond donors (Lipinski definition) is 1. The zero-order valence-electron chi connectivity index (χ0n) is 11.3. The SMILES string of the molecule is COc1ccc(Cl)c(CCCCCCCC(=O)O)c1. The number of aryl methyl sites for hydroxylation is 1. The summed E-state index contributed by atoms with van der Waals surface area (Å²) in [6.07, 6.45) is 6.23. The minimum atomic E-state index is -0.705. The topological polar surface area (TPSA) is 46.5 Å². The number of ether oxygens (including phenoxy) is 1. The summed E-state index contributed by atoms with van der Waals surface area (Å²) in [6, 6.07) is 5.70. The predicted octanol–water partition coefficient (Wildman–Crippen LogP) is 4.32. The molecule has 0 aliphatic rings. The summed E-state index contributed by atoms with van der Waals surface area (Å²) in [5.41, 5.74) is 1.12. The molecule has 0 amide bonds. The molecule has 106 valence electrons. The lowest BCUT2D eigenvalue weighted by molar-refractivity contribution is -0.137. The molecule has 1 N–H and O–H groups in total. The van der Waals surface area contributed by atoms with Gasteiger partial charge in [0.25, 0.3) is 0 Å². The molecule has 0 radical (unpaired) electrons. The van der Waals surface area contributed by atoms with Crippen LogP contribution >= 0.6 is 11.6 Å². The van der Waals surface area contributed by atoms with E-state index in [0.717, 1.165) is 54.9 Å². The number of halogens is 1. The summed E-state index contributed by atoms with van der Waals surface area (Å²) in [5.74, 6) is 0.129. The van der Waals surface area contributed by atoms with Crippen molar-refractivity contribution in [1.29, 1.82) is 0 Å². The normalized spacial score (nSPS) is 10.4. The van der Waals surface area contributed by atoms with Gasteiger partial charge in [-0.15, -0.1) is 0 Å². The van der Waals surface area contributed by atoms with Crippen LogP contribution < -0.4 is 4.74 Å². The van der Waals surface area contributed by atoms with Gasteiger partial charge in [-0.05, 0) is 43.0 Å². The van der Waals surface area contributed by atoms with Crippen LogP contribution in [-0.4, -0.2) is 18.2 Å². The Hall–Kier alpha value is -1.22. The predicted molar refractivity (Wildman–Crippen MR) is 77.0 cm³/mol. The highest BCUT2D eigenvalue weighted by atomic mass is 35.5. The Morgan fingerprint density at radius 3 is 2.58 bits per heavy atom. The molecule has 0 saturated heterocycles. The lowest BCUT2D eigenvalue weighted by Gasteiger charge is -2.07. The molecule has 0 bridgehead atoms. The highest BCUT2D eigenvalue weighted by Crippen LogP contribution is 2.23. The molecule has 0 aliphatic heterocycles. The molecule has 4 heteroatoms. The number of rotatable bonds is 9. The number of hydrogen-bond acceptors (Lipinski definition) is 2. The van der Waals surface area contributed by atoms with Crippen LogP contribution in [0.1, 0.15) is 44.1 Å². The fraction of sp³-hybridized carbons (Fsp3) is 0.533. The minimum Gasteiger partial charge on any atom is -0.497 e. The molecular formula is C15H21ClO3. The third-order valence-electron chi connectivity index (χ3n) is 3.09. The molecule has 0 saturated carbocycles. The Labute approximate surface area is 119 Å². The van der Waals surface area contributed by atoms with Crippen molar-refractivity contribution in [1.82, 2.24) is 0 Å². The molecule has 0 unspecified atom stereocenters. The summed E-state index contributed by atoms with van der Waals surface area (Å²) >= 11 is 6.13. The monoisotopic (exact) mass is 284 g/mol. The first-order valence-corrected chi connectivity index (χ1v) is 7.05. The quantitative estimate of drug-likeness (QED) is 0.687. The van der Waals surface area contributed by atoms with Crippen LogP contribution in [0.15, 0.2) is 18.2 Å². The van der Waals surface area contributed by atoms with E-state index in [9.17, 15) is 4.79 Å². The number of unbranched alkanes of at least 4 members (excludes halogenated alkanes) is 4. The lowest BCUT2D eigenvalue weighted by atomic mass is 10.0. The van der Waals surface area contributed by atoms with E-state index >= 15 is 0 Å². The Morgan fingerprint density at radius 2 is 1.89 bits per heavy atom. The average Bonchev–Trinajstić information content (AvgIpc) is 2.39. The van der Waals surface area contributed by atoms with Gasteiger partial charge in [0, 0.05) is 11.4 Å². The van der Waals surface area contributed by atoms with E-state index in [0.29, 0.717) is 0 Å². The molecule has 0 aliphatic carbocycles. The first-order valence-electron chi connectivity index (χ1n) is 6.67. The molecule has 1 aromatic rings. The fourth-order valence-corrected chi connectivity index (χ4v) is 2.20. The number of benzene rings is 1. The zero-order chi connectivity index (χ0) is 14.1. The fourth-order valence-electron chi connectivity index (χ4n) is 1.99. The Kier molecular flexibility index (Phi) is 7.34. The minimum absolute atomic E-state index is 0.279. The molecule has 0 aromatic heterocycles. The van der Waals surface area contributed by atoms with Crippen molar-refractivity contribution < 1.29 is 14.6 Å². The average molecular weight is 285 g/mol. The summed E-state index contributed by atoms with van der Waals surface area (Å²) in [5, 5.41) is 9.30. The maximum Gasteiger partial charge on any atom is 0.303 e. The number of aliphatic carboxylic acids is 1. The van der Waals surface area contributed by atoms with Crippen LogP contribution in [0.4, 0.5) is 0 Å². The summed E-state index contributed by atoms with van der Waals surface area (Å²) in [4.78, 5) is 10.3. The third-order valence-corrected chi connectivity index (χ3v) is 3.46. The van der Waals surface area contributed by atoms with Crippen LogP contribution in [0.3, 0.4) is 0 Å². The Balaban J connectivity index is 2.20. The van der Waals surface area contributed by atoms with Crippen molar-refractivity contribution in [2.24, 2.45) is 0 Å². The second-order valence-electron chi connectivity index (χ2n) is 4.62. The number of carbonyl (C=O) groups is 1. The number of carboxylic acid groups (broad SMARTS) is 1. The van der Waals surface area contributed by atoms with Crippen molar-refractivity contribution in [2.75, 3.05) is 7.11 Å². The van der Waals surface area contributed by atoms with E-state index < -0.39 is 5.97 Å². The van der Waals surface area contributed by atoms with E-state index in [1.807, 2.05) is 18.2 Å². The van der Waals surface area contributed by atoms with Gasteiger partial charge in [-0.1, -0.05) is 30.9 Å². The zero-order valence-corrected chi connectivity index (χ0v) is 12.1. The van der Waals surface area contributed by atoms with Gasteiger partial charge in [-0.25, -0.2) is 0 Å². The van der Waals surface area contributed by atoms with Crippen molar-refractivity contribution in [3.63, 3.8) is 0 Å². The highest BCUT2D eigenvalue weighted by Gasteiger charge is 2.03. The Bertz CT molecular complexity index is 404. The molecule has 0 atom stereocenters. The molecule has 19 heavy (non-hydrogen) atoms. The van der Waals surface area contributed by atoms with Crippen molar-refractivity contribution in [3.8, 4) is 5.75 Å². The van der Waals surface area contributed by atoms with Crippen molar-refractivity contribution in [2.45, 2.75) is 44.9 Å². The van der Waals surface area contributed by atoms with Gasteiger partial charge in [-0.2, -0.15) is 0 Å². The van der Waals surface area contributed by atoms with Crippen LogP contribution in [0.25, 0.3) is 0 Å². The number of carboxylic acids is 1. The van der Waals surface area contributed by atoms with Crippen LogP contribution in [0, 0.1) is 0 Å². The molecule has 1 rings (SSSR count). The van der Waals surface area contributed by atoms with E-state index in [-0.39, 0.29) is 6.42 Å². The molecule has 3 nitrogen and oxygen atoms in total. The van der Waals surface area contributed by atoms with Gasteiger partial charge in [0.05, 0.1) is 7.11 Å². The van der Waals surface area contributed by atoms with Crippen molar-refractivity contribution >= 4 is 17.6 Å². The molecule has 0 heterocycles. The van der Waals surface area contributed by atoms with E-state index in [2.05, 4.69) is 0 Å². The van der Waals surface area contributed by atoms with Gasteiger partial charge < -0.3 is 9.84 Å². The summed E-state index contributed by atoms with van der Waals surface area (Å²) < 4.78 is 5.18. The summed E-state index contributed by atoms with van der Waals surface area (Å²) in [7, 11) is 1.65. The van der Waals surface area contributed by atoms with Crippen LogP contribution in [-0.2, 0) is 11.2 Å². The largest absolute Gasteiger partial charge is 0.497 e. The van der Waals surface area contributed by atoms with Gasteiger partial charge >= 0.3 is 5.97 Å². The summed E-state index contributed by atoms with van der Waals surface area (Å²) in [6.45, 7) is 0. The molecule has 0 fully saturated rings. The first-order chi connectivity index (χ1) is 9.13. The second-order valence-corrected chi connectivity index (χ2v) is 5.03. The van der Waals surface area contributed by atoms with Crippen LogP contribution in [0.2, 0.25) is 5.02 Å². The highest BCUT2D eigenvalue weighted by molar-refractivity contribution is 6.31. The maximum absolute atomic E-state index is 10.3. The van der Waals surface area contributed by atoms with Gasteiger partial charge in [0.1, 0.15) is 5.75 Å². The molecule has 0 spiro atoms. The van der Waals surface area contributed by atoms with E-state index in [1.165, 1.54) is 0 Å².